The van der Waals surface area contributed by atoms with Gasteiger partial charge in [0, 0.05) is 19.6 Å². The molecule has 1 atom stereocenters. The van der Waals surface area contributed by atoms with Crippen LogP contribution in [0.15, 0.2) is 0 Å². The zero-order valence-corrected chi connectivity index (χ0v) is 8.47. The van der Waals surface area contributed by atoms with Crippen molar-refractivity contribution in [3.05, 3.63) is 0 Å². The van der Waals surface area contributed by atoms with Crippen molar-refractivity contribution in [2.45, 2.75) is 26.7 Å². The highest BCUT2D eigenvalue weighted by atomic mass is 19.3. The Hall–Kier alpha value is -0.220. The molecule has 0 heterocycles. The molecule has 0 saturated carbocycles. The van der Waals surface area contributed by atoms with Crippen LogP contribution < -0.4 is 5.73 Å². The normalized spacial score (nSPS) is 14.1. The molecule has 0 aliphatic carbocycles. The second-order valence-corrected chi connectivity index (χ2v) is 3.45. The van der Waals surface area contributed by atoms with Crippen molar-refractivity contribution in [1.29, 1.82) is 0 Å². The van der Waals surface area contributed by atoms with Crippen LogP contribution in [0, 0.1) is 5.92 Å². The lowest BCUT2D eigenvalue weighted by Gasteiger charge is -2.23. The fourth-order valence-corrected chi connectivity index (χ4v) is 1.20. The molecule has 2 N–H and O–H groups in total. The molecule has 0 rings (SSSR count). The summed E-state index contributed by atoms with van der Waals surface area (Å²) in [5.41, 5.74) is 5.34. The van der Waals surface area contributed by atoms with Crippen LogP contribution in [0.4, 0.5) is 8.78 Å². The smallest absolute Gasteiger partial charge is 0.251 e. The molecule has 0 radical (unpaired) electrons. The lowest BCUT2D eigenvalue weighted by molar-refractivity contribution is 0.0825. The van der Waals surface area contributed by atoms with Gasteiger partial charge >= 0.3 is 0 Å². The van der Waals surface area contributed by atoms with Gasteiger partial charge in [0.1, 0.15) is 0 Å². The van der Waals surface area contributed by atoms with Crippen molar-refractivity contribution < 1.29 is 8.78 Å². The fraction of sp³-hybridized carbons (Fsp3) is 1.00. The fourth-order valence-electron chi connectivity index (χ4n) is 1.20. The summed E-state index contributed by atoms with van der Waals surface area (Å²) in [6.45, 7) is 5.71. The number of halogens is 2. The van der Waals surface area contributed by atoms with Gasteiger partial charge in [-0.1, -0.05) is 20.3 Å². The number of hydrogen-bond acceptors (Lipinski definition) is 2. The molecule has 0 aliphatic heterocycles. The van der Waals surface area contributed by atoms with Crippen LogP contribution >= 0.6 is 0 Å². The van der Waals surface area contributed by atoms with Gasteiger partial charge < -0.3 is 5.73 Å². The highest BCUT2D eigenvalue weighted by Gasteiger charge is 2.13. The Balaban J connectivity index is 3.78. The zero-order chi connectivity index (χ0) is 10.3. The second kappa shape index (κ2) is 7.21. The number of rotatable bonds is 7. The zero-order valence-electron chi connectivity index (χ0n) is 8.47. The van der Waals surface area contributed by atoms with E-state index in [2.05, 4.69) is 13.8 Å². The summed E-state index contributed by atoms with van der Waals surface area (Å²) in [4.78, 5) is 1.73. The molecule has 0 aliphatic rings. The quantitative estimate of drug-likeness (QED) is 0.666. The van der Waals surface area contributed by atoms with E-state index in [1.54, 1.807) is 4.90 Å². The van der Waals surface area contributed by atoms with E-state index in [0.29, 0.717) is 19.0 Å². The molecule has 0 aromatic rings. The molecule has 4 heteroatoms. The molecule has 13 heavy (non-hydrogen) atoms. The van der Waals surface area contributed by atoms with E-state index in [0.717, 1.165) is 13.0 Å². The summed E-state index contributed by atoms with van der Waals surface area (Å²) in [6, 6.07) is 0. The molecular formula is C9H20F2N2. The first-order valence-corrected chi connectivity index (χ1v) is 4.80. The summed E-state index contributed by atoms with van der Waals surface area (Å²) in [6.07, 6.45) is -1.24. The van der Waals surface area contributed by atoms with Gasteiger partial charge in [0.2, 0.25) is 0 Å². The van der Waals surface area contributed by atoms with Gasteiger partial charge in [0.25, 0.3) is 6.43 Å². The topological polar surface area (TPSA) is 29.3 Å². The minimum atomic E-state index is -2.25. The van der Waals surface area contributed by atoms with Crippen LogP contribution in [0.25, 0.3) is 0 Å². The molecular weight excluding hydrogens is 174 g/mol. The maximum atomic E-state index is 12.1. The summed E-state index contributed by atoms with van der Waals surface area (Å²) >= 11 is 0. The van der Waals surface area contributed by atoms with Crippen LogP contribution in [0.1, 0.15) is 20.3 Å². The van der Waals surface area contributed by atoms with E-state index in [1.807, 2.05) is 0 Å². The predicted octanol–water partition coefficient (Wildman–Crippen LogP) is 1.56. The molecule has 0 saturated heterocycles. The number of nitrogens with zero attached hydrogens (tertiary/aromatic N) is 1. The summed E-state index contributed by atoms with van der Waals surface area (Å²) < 4.78 is 24.2. The maximum absolute atomic E-state index is 12.1. The Morgan fingerprint density at radius 1 is 1.31 bits per heavy atom. The van der Waals surface area contributed by atoms with Gasteiger partial charge in [-0.25, -0.2) is 8.78 Å². The van der Waals surface area contributed by atoms with Crippen LogP contribution in [0.2, 0.25) is 0 Å². The minimum Gasteiger partial charge on any atom is -0.329 e. The lowest BCUT2D eigenvalue weighted by atomic mass is 10.1. The van der Waals surface area contributed by atoms with Crippen LogP contribution in [0.3, 0.4) is 0 Å². The van der Waals surface area contributed by atoms with Gasteiger partial charge in [-0.15, -0.1) is 0 Å². The van der Waals surface area contributed by atoms with Gasteiger partial charge in [-0.05, 0) is 5.92 Å². The molecule has 80 valence electrons. The third-order valence-corrected chi connectivity index (χ3v) is 2.11. The summed E-state index contributed by atoms with van der Waals surface area (Å²) in [5.74, 6) is 0.463. The molecule has 1 unspecified atom stereocenters. The van der Waals surface area contributed by atoms with Crippen molar-refractivity contribution >= 4 is 0 Å². The third kappa shape index (κ3) is 6.90. The number of hydrogen-bond donors (Lipinski definition) is 1. The van der Waals surface area contributed by atoms with E-state index in [-0.39, 0.29) is 6.54 Å². The van der Waals surface area contributed by atoms with Crippen molar-refractivity contribution in [3.8, 4) is 0 Å². The molecule has 0 fully saturated rings. The Morgan fingerprint density at radius 2 is 1.92 bits per heavy atom. The largest absolute Gasteiger partial charge is 0.329 e. The molecule has 0 aromatic carbocycles. The van der Waals surface area contributed by atoms with Gasteiger partial charge in [0.15, 0.2) is 0 Å². The van der Waals surface area contributed by atoms with E-state index < -0.39 is 6.43 Å². The molecule has 0 bridgehead atoms. The Bertz CT molecular complexity index is 120. The van der Waals surface area contributed by atoms with E-state index in [9.17, 15) is 8.78 Å². The third-order valence-electron chi connectivity index (χ3n) is 2.11. The lowest BCUT2D eigenvalue weighted by Crippen LogP contribution is -2.36. The van der Waals surface area contributed by atoms with Crippen molar-refractivity contribution in [2.75, 3.05) is 26.2 Å². The standard InChI is InChI=1S/C9H20F2N2/c1-3-8(2)6-13(5-4-12)7-9(10)11/h8-9H,3-7,12H2,1-2H3. The first-order valence-electron chi connectivity index (χ1n) is 4.80. The Morgan fingerprint density at radius 3 is 2.31 bits per heavy atom. The first-order chi connectivity index (χ1) is 6.10. The summed E-state index contributed by atoms with van der Waals surface area (Å²) in [7, 11) is 0. The highest BCUT2D eigenvalue weighted by molar-refractivity contribution is 4.63. The van der Waals surface area contributed by atoms with E-state index in [4.69, 9.17) is 5.73 Å². The maximum Gasteiger partial charge on any atom is 0.251 e. The number of nitrogens with two attached hydrogens (primary N) is 1. The number of alkyl halides is 2. The van der Waals surface area contributed by atoms with Gasteiger partial charge in [-0.3, -0.25) is 4.90 Å². The van der Waals surface area contributed by atoms with Crippen LogP contribution in [0.5, 0.6) is 0 Å². The van der Waals surface area contributed by atoms with Crippen molar-refractivity contribution in [1.82, 2.24) is 4.90 Å². The van der Waals surface area contributed by atoms with Gasteiger partial charge in [0.05, 0.1) is 6.54 Å². The minimum absolute atomic E-state index is 0.151. The molecule has 0 amide bonds. The highest BCUT2D eigenvalue weighted by Crippen LogP contribution is 2.06. The molecule has 0 aromatic heterocycles. The second-order valence-electron chi connectivity index (χ2n) is 3.45. The van der Waals surface area contributed by atoms with E-state index in [1.165, 1.54) is 0 Å². The first kappa shape index (κ1) is 12.8. The average Bonchev–Trinajstić information content (AvgIpc) is 2.03. The average molecular weight is 194 g/mol. The van der Waals surface area contributed by atoms with Crippen molar-refractivity contribution in [3.63, 3.8) is 0 Å². The SMILES string of the molecule is CCC(C)CN(CCN)CC(F)F. The monoisotopic (exact) mass is 194 g/mol. The van der Waals surface area contributed by atoms with Crippen molar-refractivity contribution in [2.24, 2.45) is 11.7 Å². The molecule has 2 nitrogen and oxygen atoms in total. The van der Waals surface area contributed by atoms with Gasteiger partial charge in [-0.2, -0.15) is 0 Å². The Labute approximate surface area is 79.1 Å². The molecule has 0 spiro atoms. The van der Waals surface area contributed by atoms with E-state index >= 15 is 0 Å². The van der Waals surface area contributed by atoms with Crippen LogP contribution in [-0.2, 0) is 0 Å². The summed E-state index contributed by atoms with van der Waals surface area (Å²) in [5, 5.41) is 0. The predicted molar refractivity (Wildman–Crippen MR) is 51.0 cm³/mol. The Kier molecular flexibility index (Phi) is 7.09. The van der Waals surface area contributed by atoms with Crippen LogP contribution in [-0.4, -0.2) is 37.5 Å².